The maximum absolute atomic E-state index is 12.6. The number of nitrogens with zero attached hydrogens (tertiary/aromatic N) is 2. The van der Waals surface area contributed by atoms with Crippen LogP contribution in [0.15, 0.2) is 24.3 Å². The normalized spacial score (nSPS) is 21.8. The van der Waals surface area contributed by atoms with Gasteiger partial charge >= 0.3 is 6.18 Å². The fourth-order valence-electron chi connectivity index (χ4n) is 3.07. The molecule has 1 N–H and O–H groups in total. The van der Waals surface area contributed by atoms with E-state index in [2.05, 4.69) is 5.32 Å². The van der Waals surface area contributed by atoms with Gasteiger partial charge in [-0.1, -0.05) is 0 Å². The van der Waals surface area contributed by atoms with Crippen LogP contribution in [0.4, 0.5) is 18.9 Å². The third-order valence-electron chi connectivity index (χ3n) is 4.44. The van der Waals surface area contributed by atoms with E-state index in [1.807, 2.05) is 4.90 Å². The van der Waals surface area contributed by atoms with Crippen LogP contribution < -0.4 is 10.2 Å². The molecule has 0 aromatic heterocycles. The molecule has 2 aliphatic heterocycles. The number of halogens is 3. The SMILES string of the molecule is O=C1CCC(C(=O)N2CCN(c3ccc(C(F)(F)F)cc3)CC2)N1. The van der Waals surface area contributed by atoms with Gasteiger partial charge in [0, 0.05) is 38.3 Å². The fraction of sp³-hybridized carbons (Fsp3) is 0.500. The molecule has 1 unspecified atom stereocenters. The van der Waals surface area contributed by atoms with Gasteiger partial charge in [0.25, 0.3) is 0 Å². The van der Waals surface area contributed by atoms with Gasteiger partial charge in [0.15, 0.2) is 0 Å². The highest BCUT2D eigenvalue weighted by molar-refractivity contribution is 5.90. The summed E-state index contributed by atoms with van der Waals surface area (Å²) in [6, 6.07) is 4.62. The van der Waals surface area contributed by atoms with Gasteiger partial charge in [0.05, 0.1) is 5.56 Å². The lowest BCUT2D eigenvalue weighted by molar-refractivity contribution is -0.137. The summed E-state index contributed by atoms with van der Waals surface area (Å²) in [6.45, 7) is 2.09. The summed E-state index contributed by atoms with van der Waals surface area (Å²) in [4.78, 5) is 27.2. The fourth-order valence-corrected chi connectivity index (χ4v) is 3.07. The Morgan fingerprint density at radius 3 is 2.21 bits per heavy atom. The molecule has 0 bridgehead atoms. The third-order valence-corrected chi connectivity index (χ3v) is 4.44. The quantitative estimate of drug-likeness (QED) is 0.890. The van der Waals surface area contributed by atoms with Gasteiger partial charge in [-0.15, -0.1) is 0 Å². The first kappa shape index (κ1) is 16.6. The molecule has 1 aromatic rings. The van der Waals surface area contributed by atoms with Gasteiger partial charge in [-0.2, -0.15) is 13.2 Å². The molecule has 1 atom stereocenters. The first-order chi connectivity index (χ1) is 11.3. The number of alkyl halides is 3. The number of amides is 2. The molecule has 5 nitrogen and oxygen atoms in total. The van der Waals surface area contributed by atoms with Crippen molar-refractivity contribution in [2.45, 2.75) is 25.1 Å². The van der Waals surface area contributed by atoms with Crippen LogP contribution in [0.5, 0.6) is 0 Å². The van der Waals surface area contributed by atoms with Gasteiger partial charge in [-0.3, -0.25) is 9.59 Å². The minimum Gasteiger partial charge on any atom is -0.368 e. The highest BCUT2D eigenvalue weighted by Crippen LogP contribution is 2.30. The van der Waals surface area contributed by atoms with Crippen LogP contribution in [0.2, 0.25) is 0 Å². The minimum atomic E-state index is -4.34. The number of nitrogens with one attached hydrogen (secondary N) is 1. The van der Waals surface area contributed by atoms with Crippen LogP contribution in [0, 0.1) is 0 Å². The number of hydrogen-bond donors (Lipinski definition) is 1. The van der Waals surface area contributed by atoms with E-state index < -0.39 is 17.8 Å². The van der Waals surface area contributed by atoms with Crippen LogP contribution in [0.3, 0.4) is 0 Å². The van der Waals surface area contributed by atoms with Crippen molar-refractivity contribution in [3.05, 3.63) is 29.8 Å². The number of anilines is 1. The summed E-state index contributed by atoms with van der Waals surface area (Å²) < 4.78 is 37.8. The number of hydrogen-bond acceptors (Lipinski definition) is 3. The monoisotopic (exact) mass is 341 g/mol. The van der Waals surface area contributed by atoms with Crippen molar-refractivity contribution in [2.24, 2.45) is 0 Å². The average Bonchev–Trinajstić information content (AvgIpc) is 3.00. The van der Waals surface area contributed by atoms with Gasteiger partial charge in [-0.05, 0) is 30.7 Å². The topological polar surface area (TPSA) is 52.7 Å². The Kier molecular flexibility index (Phi) is 4.38. The Balaban J connectivity index is 1.57. The molecule has 2 aliphatic rings. The minimum absolute atomic E-state index is 0.0760. The smallest absolute Gasteiger partial charge is 0.368 e. The summed E-state index contributed by atoms with van der Waals surface area (Å²) in [5, 5.41) is 2.66. The van der Waals surface area contributed by atoms with Crippen LogP contribution in [-0.2, 0) is 15.8 Å². The van der Waals surface area contributed by atoms with E-state index in [0.29, 0.717) is 44.7 Å². The summed E-state index contributed by atoms with van der Waals surface area (Å²) in [7, 11) is 0. The Hall–Kier alpha value is -2.25. The van der Waals surface area contributed by atoms with E-state index in [-0.39, 0.29) is 11.8 Å². The van der Waals surface area contributed by atoms with Crippen molar-refractivity contribution in [1.29, 1.82) is 0 Å². The first-order valence-corrected chi connectivity index (χ1v) is 7.85. The van der Waals surface area contributed by atoms with Crippen LogP contribution in [0.1, 0.15) is 18.4 Å². The zero-order chi connectivity index (χ0) is 17.3. The van der Waals surface area contributed by atoms with E-state index in [1.165, 1.54) is 12.1 Å². The van der Waals surface area contributed by atoms with E-state index in [9.17, 15) is 22.8 Å². The van der Waals surface area contributed by atoms with Crippen molar-refractivity contribution in [1.82, 2.24) is 10.2 Å². The summed E-state index contributed by atoms with van der Waals surface area (Å²) >= 11 is 0. The maximum atomic E-state index is 12.6. The highest BCUT2D eigenvalue weighted by Gasteiger charge is 2.33. The van der Waals surface area contributed by atoms with Crippen LogP contribution >= 0.6 is 0 Å². The van der Waals surface area contributed by atoms with Crippen molar-refractivity contribution in [3.63, 3.8) is 0 Å². The number of carbonyl (C=O) groups excluding carboxylic acids is 2. The molecular weight excluding hydrogens is 323 g/mol. The molecular formula is C16H18F3N3O2. The Bertz CT molecular complexity index is 622. The molecule has 0 aliphatic carbocycles. The zero-order valence-corrected chi connectivity index (χ0v) is 13.0. The molecule has 2 fully saturated rings. The lowest BCUT2D eigenvalue weighted by atomic mass is 10.1. The number of benzene rings is 1. The molecule has 130 valence electrons. The van der Waals surface area contributed by atoms with Crippen molar-refractivity contribution < 1.29 is 22.8 Å². The third kappa shape index (κ3) is 3.47. The average molecular weight is 341 g/mol. The molecule has 0 radical (unpaired) electrons. The molecule has 2 heterocycles. The number of carbonyl (C=O) groups is 2. The van der Waals surface area contributed by atoms with E-state index in [4.69, 9.17) is 0 Å². The summed E-state index contributed by atoms with van der Waals surface area (Å²) in [5.41, 5.74) is 0.0429. The van der Waals surface area contributed by atoms with Gasteiger partial charge < -0.3 is 15.1 Å². The van der Waals surface area contributed by atoms with Crippen molar-refractivity contribution >= 4 is 17.5 Å². The second-order valence-corrected chi connectivity index (χ2v) is 6.02. The van der Waals surface area contributed by atoms with Crippen molar-refractivity contribution in [3.8, 4) is 0 Å². The lowest BCUT2D eigenvalue weighted by Crippen LogP contribution is -2.53. The second-order valence-electron chi connectivity index (χ2n) is 6.02. The first-order valence-electron chi connectivity index (χ1n) is 7.85. The molecule has 1 aromatic carbocycles. The van der Waals surface area contributed by atoms with Gasteiger partial charge in [-0.25, -0.2) is 0 Å². The molecule has 0 saturated carbocycles. The Morgan fingerprint density at radius 1 is 1.08 bits per heavy atom. The molecule has 2 saturated heterocycles. The highest BCUT2D eigenvalue weighted by atomic mass is 19.4. The zero-order valence-electron chi connectivity index (χ0n) is 13.0. The van der Waals surface area contributed by atoms with E-state index in [1.54, 1.807) is 4.90 Å². The second kappa shape index (κ2) is 6.33. The molecule has 8 heteroatoms. The molecule has 3 rings (SSSR count). The van der Waals surface area contributed by atoms with Crippen LogP contribution in [0.25, 0.3) is 0 Å². The molecule has 0 spiro atoms. The van der Waals surface area contributed by atoms with E-state index in [0.717, 1.165) is 12.1 Å². The largest absolute Gasteiger partial charge is 0.416 e. The number of piperazine rings is 1. The lowest BCUT2D eigenvalue weighted by Gasteiger charge is -2.37. The summed E-state index contributed by atoms with van der Waals surface area (Å²) in [6.07, 6.45) is -3.44. The van der Waals surface area contributed by atoms with Crippen LogP contribution in [-0.4, -0.2) is 48.9 Å². The molecule has 24 heavy (non-hydrogen) atoms. The van der Waals surface area contributed by atoms with Crippen molar-refractivity contribution in [2.75, 3.05) is 31.1 Å². The van der Waals surface area contributed by atoms with Gasteiger partial charge in [0.2, 0.25) is 11.8 Å². The predicted molar refractivity (Wildman–Crippen MR) is 81.4 cm³/mol. The van der Waals surface area contributed by atoms with Gasteiger partial charge in [0.1, 0.15) is 6.04 Å². The van der Waals surface area contributed by atoms with E-state index >= 15 is 0 Å². The molecule has 2 amide bonds. The summed E-state index contributed by atoms with van der Waals surface area (Å²) in [5.74, 6) is -0.176. The standard InChI is InChI=1S/C16H18F3N3O2/c17-16(18,19)11-1-3-12(4-2-11)21-7-9-22(10-8-21)15(24)13-5-6-14(23)20-13/h1-4,13H,5-10H2,(H,20,23). The Morgan fingerprint density at radius 2 is 1.71 bits per heavy atom. The predicted octanol–water partition coefficient (Wildman–Crippen LogP) is 1.63. The number of rotatable bonds is 2. The Labute approximate surface area is 137 Å². The maximum Gasteiger partial charge on any atom is 0.416 e.